The highest BCUT2D eigenvalue weighted by atomic mass is 32.1. The third-order valence-corrected chi connectivity index (χ3v) is 4.57. The van der Waals surface area contributed by atoms with Crippen molar-refractivity contribution in [2.24, 2.45) is 0 Å². The van der Waals surface area contributed by atoms with Crippen LogP contribution in [0.15, 0.2) is 35.8 Å². The highest BCUT2D eigenvalue weighted by Gasteiger charge is 2.35. The molecule has 3 heterocycles. The number of nitrogens with zero attached hydrogens (tertiary/aromatic N) is 2. The first-order valence-corrected chi connectivity index (χ1v) is 8.11. The lowest BCUT2D eigenvalue weighted by molar-refractivity contribution is -0.119. The summed E-state index contributed by atoms with van der Waals surface area (Å²) in [5.41, 5.74) is 1.03. The maximum Gasteiger partial charge on any atom is 0.264 e. The highest BCUT2D eigenvalue weighted by molar-refractivity contribution is 7.12. The lowest BCUT2D eigenvalue weighted by Crippen LogP contribution is -2.43. The summed E-state index contributed by atoms with van der Waals surface area (Å²) in [5, 5.41) is 4.68. The molecule has 0 aromatic carbocycles. The molecule has 1 N–H and O–H groups in total. The minimum absolute atomic E-state index is 0.0650. The minimum atomic E-state index is -0.420. The van der Waals surface area contributed by atoms with Crippen molar-refractivity contribution < 1.29 is 9.59 Å². The average molecular weight is 315 g/mol. The molecule has 0 saturated carbocycles. The molecule has 1 saturated heterocycles. The van der Waals surface area contributed by atoms with Crippen LogP contribution in [0.3, 0.4) is 0 Å². The van der Waals surface area contributed by atoms with E-state index < -0.39 is 6.04 Å². The van der Waals surface area contributed by atoms with E-state index in [9.17, 15) is 9.59 Å². The van der Waals surface area contributed by atoms with E-state index in [1.54, 1.807) is 17.2 Å². The molecule has 0 bridgehead atoms. The third kappa shape index (κ3) is 3.01. The number of carbonyl (C=O) groups excluding carboxylic acids is 2. The van der Waals surface area contributed by atoms with Crippen LogP contribution in [0.1, 0.15) is 28.1 Å². The number of likely N-dealkylation sites (tertiary alicyclic amines) is 1. The van der Waals surface area contributed by atoms with Gasteiger partial charge in [0.1, 0.15) is 11.9 Å². The summed E-state index contributed by atoms with van der Waals surface area (Å²) < 4.78 is 0. The number of pyridine rings is 1. The number of amides is 2. The van der Waals surface area contributed by atoms with Gasteiger partial charge in [0, 0.05) is 12.7 Å². The van der Waals surface area contributed by atoms with Crippen LogP contribution in [-0.2, 0) is 4.79 Å². The number of thiophene rings is 1. The Morgan fingerprint density at radius 2 is 2.27 bits per heavy atom. The van der Waals surface area contributed by atoms with Gasteiger partial charge >= 0.3 is 0 Å². The van der Waals surface area contributed by atoms with Crippen LogP contribution in [0.2, 0.25) is 0 Å². The Hall–Kier alpha value is -2.21. The van der Waals surface area contributed by atoms with Crippen LogP contribution >= 0.6 is 11.3 Å². The molecule has 1 atom stereocenters. The molecule has 2 aromatic rings. The summed E-state index contributed by atoms with van der Waals surface area (Å²) in [4.78, 5) is 31.4. The standard InChI is InChI=1S/C16H17N3O2S/c1-11-6-7-17-14(10-11)18-15(20)12-4-2-8-19(12)16(21)13-5-3-9-22-13/h3,5-7,9-10,12H,2,4,8H2,1H3,(H,17,18,20)/t12-/m0/s1. The fourth-order valence-electron chi connectivity index (χ4n) is 2.64. The van der Waals surface area contributed by atoms with Gasteiger partial charge in [0.15, 0.2) is 0 Å². The fourth-order valence-corrected chi connectivity index (χ4v) is 3.32. The maximum absolute atomic E-state index is 12.5. The number of anilines is 1. The molecular formula is C16H17N3O2S. The van der Waals surface area contributed by atoms with E-state index in [0.29, 0.717) is 23.7 Å². The summed E-state index contributed by atoms with van der Waals surface area (Å²) in [5.74, 6) is 0.297. The molecular weight excluding hydrogens is 298 g/mol. The number of rotatable bonds is 3. The average Bonchev–Trinajstić information content (AvgIpc) is 3.18. The molecule has 5 nitrogen and oxygen atoms in total. The molecule has 22 heavy (non-hydrogen) atoms. The van der Waals surface area contributed by atoms with E-state index in [4.69, 9.17) is 0 Å². The molecule has 2 aromatic heterocycles. The Labute approximate surface area is 133 Å². The molecule has 6 heteroatoms. The largest absolute Gasteiger partial charge is 0.326 e. The first-order chi connectivity index (χ1) is 10.6. The van der Waals surface area contributed by atoms with E-state index in [2.05, 4.69) is 10.3 Å². The van der Waals surface area contributed by atoms with Gasteiger partial charge in [-0.15, -0.1) is 11.3 Å². The van der Waals surface area contributed by atoms with Crippen LogP contribution in [0.25, 0.3) is 0 Å². The lowest BCUT2D eigenvalue weighted by atomic mass is 10.2. The third-order valence-electron chi connectivity index (χ3n) is 3.71. The van der Waals surface area contributed by atoms with Gasteiger partial charge in [0.2, 0.25) is 5.91 Å². The van der Waals surface area contributed by atoms with Crippen molar-refractivity contribution in [3.05, 3.63) is 46.3 Å². The Morgan fingerprint density at radius 3 is 3.00 bits per heavy atom. The number of carbonyl (C=O) groups is 2. The van der Waals surface area contributed by atoms with E-state index in [-0.39, 0.29) is 11.8 Å². The van der Waals surface area contributed by atoms with Crippen LogP contribution in [0.5, 0.6) is 0 Å². The highest BCUT2D eigenvalue weighted by Crippen LogP contribution is 2.23. The van der Waals surface area contributed by atoms with Gasteiger partial charge in [-0.05, 0) is 48.9 Å². The Kier molecular flexibility index (Phi) is 4.20. The van der Waals surface area contributed by atoms with Crippen molar-refractivity contribution >= 4 is 29.0 Å². The normalized spacial score (nSPS) is 17.5. The van der Waals surface area contributed by atoms with E-state index in [1.165, 1.54) is 11.3 Å². The van der Waals surface area contributed by atoms with Gasteiger partial charge in [-0.2, -0.15) is 0 Å². The van der Waals surface area contributed by atoms with Crippen molar-refractivity contribution in [3.8, 4) is 0 Å². The van der Waals surface area contributed by atoms with Crippen molar-refractivity contribution in [1.29, 1.82) is 0 Å². The quantitative estimate of drug-likeness (QED) is 0.947. The smallest absolute Gasteiger partial charge is 0.264 e. The Morgan fingerprint density at radius 1 is 1.41 bits per heavy atom. The second kappa shape index (κ2) is 6.27. The maximum atomic E-state index is 12.5. The molecule has 0 aliphatic carbocycles. The van der Waals surface area contributed by atoms with Crippen molar-refractivity contribution in [1.82, 2.24) is 9.88 Å². The van der Waals surface area contributed by atoms with E-state index >= 15 is 0 Å². The number of hydrogen-bond donors (Lipinski definition) is 1. The van der Waals surface area contributed by atoms with Crippen LogP contribution < -0.4 is 5.32 Å². The van der Waals surface area contributed by atoms with Crippen LogP contribution in [0, 0.1) is 6.92 Å². The number of hydrogen-bond acceptors (Lipinski definition) is 4. The van der Waals surface area contributed by atoms with Crippen LogP contribution in [-0.4, -0.2) is 34.3 Å². The second-order valence-corrected chi connectivity index (χ2v) is 6.29. The predicted octanol–water partition coefficient (Wildman–Crippen LogP) is 2.69. The van der Waals surface area contributed by atoms with Gasteiger partial charge in [0.05, 0.1) is 4.88 Å². The van der Waals surface area contributed by atoms with Crippen molar-refractivity contribution in [2.75, 3.05) is 11.9 Å². The molecule has 1 fully saturated rings. The SMILES string of the molecule is Cc1ccnc(NC(=O)[C@@H]2CCCN2C(=O)c2cccs2)c1. The van der Waals surface area contributed by atoms with E-state index in [0.717, 1.165) is 12.0 Å². The molecule has 0 unspecified atom stereocenters. The predicted molar refractivity (Wildman–Crippen MR) is 86.0 cm³/mol. The molecule has 114 valence electrons. The molecule has 0 spiro atoms. The van der Waals surface area contributed by atoms with Crippen LogP contribution in [0.4, 0.5) is 5.82 Å². The van der Waals surface area contributed by atoms with Crippen molar-refractivity contribution in [2.45, 2.75) is 25.8 Å². The van der Waals surface area contributed by atoms with Gasteiger partial charge in [0.25, 0.3) is 5.91 Å². The summed E-state index contributed by atoms with van der Waals surface area (Å²) in [7, 11) is 0. The van der Waals surface area contributed by atoms with Gasteiger partial charge in [-0.1, -0.05) is 6.07 Å². The molecule has 1 aliphatic rings. The lowest BCUT2D eigenvalue weighted by Gasteiger charge is -2.23. The minimum Gasteiger partial charge on any atom is -0.326 e. The van der Waals surface area contributed by atoms with Gasteiger partial charge in [-0.3, -0.25) is 9.59 Å². The second-order valence-electron chi connectivity index (χ2n) is 5.34. The molecule has 1 aliphatic heterocycles. The zero-order valence-corrected chi connectivity index (χ0v) is 13.1. The summed E-state index contributed by atoms with van der Waals surface area (Å²) in [6.07, 6.45) is 3.19. The number of nitrogens with one attached hydrogen (secondary N) is 1. The zero-order valence-electron chi connectivity index (χ0n) is 12.3. The van der Waals surface area contributed by atoms with Crippen molar-refractivity contribution in [3.63, 3.8) is 0 Å². The number of aryl methyl sites for hydroxylation is 1. The first kappa shape index (κ1) is 14.7. The molecule has 0 radical (unpaired) electrons. The summed E-state index contributed by atoms with van der Waals surface area (Å²) in [6.45, 7) is 2.57. The fraction of sp³-hybridized carbons (Fsp3) is 0.312. The Bertz CT molecular complexity index is 684. The monoisotopic (exact) mass is 315 g/mol. The molecule has 2 amide bonds. The summed E-state index contributed by atoms with van der Waals surface area (Å²) >= 11 is 1.40. The van der Waals surface area contributed by atoms with E-state index in [1.807, 2.05) is 30.5 Å². The Balaban J connectivity index is 1.72. The summed E-state index contributed by atoms with van der Waals surface area (Å²) in [6, 6.07) is 6.91. The number of aromatic nitrogens is 1. The topological polar surface area (TPSA) is 62.3 Å². The first-order valence-electron chi connectivity index (χ1n) is 7.23. The zero-order chi connectivity index (χ0) is 15.5. The van der Waals surface area contributed by atoms with Gasteiger partial charge in [-0.25, -0.2) is 4.98 Å². The van der Waals surface area contributed by atoms with Gasteiger partial charge < -0.3 is 10.2 Å². The molecule has 3 rings (SSSR count).